The summed E-state index contributed by atoms with van der Waals surface area (Å²) in [6.45, 7) is 2.82. The minimum atomic E-state index is 0.704. The van der Waals surface area contributed by atoms with E-state index in [0.717, 1.165) is 30.1 Å². The van der Waals surface area contributed by atoms with E-state index in [1.807, 2.05) is 6.92 Å². The van der Waals surface area contributed by atoms with Crippen LogP contribution in [0.2, 0.25) is 0 Å². The summed E-state index contributed by atoms with van der Waals surface area (Å²) in [5.41, 5.74) is 0.738. The van der Waals surface area contributed by atoms with Crippen molar-refractivity contribution in [1.29, 1.82) is 0 Å². The van der Waals surface area contributed by atoms with Crippen molar-refractivity contribution in [1.82, 2.24) is 15.5 Å². The van der Waals surface area contributed by atoms with Gasteiger partial charge in [0.25, 0.3) is 0 Å². The van der Waals surface area contributed by atoms with Gasteiger partial charge in [-0.2, -0.15) is 4.98 Å². The lowest BCUT2D eigenvalue weighted by molar-refractivity contribution is 0.168. The Morgan fingerprint density at radius 2 is 1.95 bits per heavy atom. The highest BCUT2D eigenvalue weighted by Crippen LogP contribution is 2.48. The van der Waals surface area contributed by atoms with E-state index in [2.05, 4.69) is 15.5 Å². The second-order valence-corrected chi connectivity index (χ2v) is 6.42. The lowest BCUT2D eigenvalue weighted by Crippen LogP contribution is -2.37. The largest absolute Gasteiger partial charge is 0.339 e. The second kappa shape index (κ2) is 5.61. The molecule has 2 aliphatic carbocycles. The molecule has 2 aliphatic rings. The van der Waals surface area contributed by atoms with Crippen molar-refractivity contribution < 1.29 is 4.52 Å². The molecule has 2 fully saturated rings. The van der Waals surface area contributed by atoms with Gasteiger partial charge in [0.1, 0.15) is 0 Å². The van der Waals surface area contributed by atoms with E-state index in [1.165, 1.54) is 51.4 Å². The Bertz CT molecular complexity index is 399. The molecule has 0 radical (unpaired) electrons. The maximum absolute atomic E-state index is 5.13. The van der Waals surface area contributed by atoms with Gasteiger partial charge in [0.15, 0.2) is 5.82 Å². The average Bonchev–Trinajstić information content (AvgIpc) is 3.02. The third-order valence-corrected chi connectivity index (χ3v) is 5.05. The van der Waals surface area contributed by atoms with Crippen LogP contribution in [0.15, 0.2) is 4.52 Å². The molecule has 1 spiro atoms. The molecule has 19 heavy (non-hydrogen) atoms. The number of nitrogens with one attached hydrogen (secondary N) is 1. The Morgan fingerprint density at radius 1 is 1.21 bits per heavy atom. The predicted molar refractivity (Wildman–Crippen MR) is 73.9 cm³/mol. The van der Waals surface area contributed by atoms with Crippen LogP contribution in [0.4, 0.5) is 0 Å². The van der Waals surface area contributed by atoms with Crippen molar-refractivity contribution in [3.8, 4) is 0 Å². The van der Waals surface area contributed by atoms with Crippen molar-refractivity contribution in [2.24, 2.45) is 5.41 Å². The smallest absolute Gasteiger partial charge is 0.227 e. The highest BCUT2D eigenvalue weighted by molar-refractivity contribution is 4.91. The van der Waals surface area contributed by atoms with E-state index in [-0.39, 0.29) is 0 Å². The summed E-state index contributed by atoms with van der Waals surface area (Å²) in [6, 6.07) is 0.704. The van der Waals surface area contributed by atoms with Gasteiger partial charge in [-0.15, -0.1) is 0 Å². The number of rotatable bonds is 4. The molecule has 4 heteroatoms. The summed E-state index contributed by atoms with van der Waals surface area (Å²) in [7, 11) is 0. The average molecular weight is 263 g/mol. The molecule has 0 aliphatic heterocycles. The molecule has 2 saturated carbocycles. The molecule has 0 atom stereocenters. The molecule has 1 heterocycles. The molecule has 0 bridgehead atoms. The van der Waals surface area contributed by atoms with Crippen LogP contribution in [0.3, 0.4) is 0 Å². The van der Waals surface area contributed by atoms with Gasteiger partial charge in [-0.3, -0.25) is 0 Å². The van der Waals surface area contributed by atoms with Gasteiger partial charge < -0.3 is 9.84 Å². The van der Waals surface area contributed by atoms with Crippen molar-refractivity contribution in [2.45, 2.75) is 70.8 Å². The molecule has 1 aromatic rings. The van der Waals surface area contributed by atoms with Crippen LogP contribution in [0.5, 0.6) is 0 Å². The quantitative estimate of drug-likeness (QED) is 0.907. The van der Waals surface area contributed by atoms with Gasteiger partial charge in [0, 0.05) is 19.0 Å². The lowest BCUT2D eigenvalue weighted by Gasteiger charge is -2.37. The third kappa shape index (κ3) is 3.16. The van der Waals surface area contributed by atoms with Crippen LogP contribution in [0.25, 0.3) is 0 Å². The highest BCUT2D eigenvalue weighted by atomic mass is 16.5. The van der Waals surface area contributed by atoms with Crippen LogP contribution < -0.4 is 5.32 Å². The topological polar surface area (TPSA) is 51.0 Å². The van der Waals surface area contributed by atoms with Gasteiger partial charge in [0.05, 0.1) is 0 Å². The SMILES string of the molecule is Cc1noc(CCNC2CCC3(CCCC3)CC2)n1. The first kappa shape index (κ1) is 13.1. The molecule has 106 valence electrons. The fraction of sp³-hybridized carbons (Fsp3) is 0.867. The first-order chi connectivity index (χ1) is 9.26. The Morgan fingerprint density at radius 3 is 2.58 bits per heavy atom. The zero-order chi connectivity index (χ0) is 13.1. The van der Waals surface area contributed by atoms with E-state index < -0.39 is 0 Å². The molecular formula is C15H25N3O. The van der Waals surface area contributed by atoms with E-state index in [0.29, 0.717) is 6.04 Å². The first-order valence-corrected chi connectivity index (χ1v) is 7.78. The van der Waals surface area contributed by atoms with Gasteiger partial charge in [0.2, 0.25) is 5.89 Å². The standard InChI is InChI=1S/C15H25N3O/c1-12-17-14(19-18-12)6-11-16-13-4-9-15(10-5-13)7-2-3-8-15/h13,16H,2-11H2,1H3. The fourth-order valence-corrected chi connectivity index (χ4v) is 3.88. The third-order valence-electron chi connectivity index (χ3n) is 5.05. The lowest BCUT2D eigenvalue weighted by atomic mass is 9.71. The van der Waals surface area contributed by atoms with Crippen molar-refractivity contribution in [3.05, 3.63) is 11.7 Å². The molecule has 1 N–H and O–H groups in total. The van der Waals surface area contributed by atoms with Gasteiger partial charge in [-0.05, 0) is 50.9 Å². The van der Waals surface area contributed by atoms with Crippen molar-refractivity contribution in [2.75, 3.05) is 6.54 Å². The molecule has 0 unspecified atom stereocenters. The van der Waals surface area contributed by atoms with E-state index in [1.54, 1.807) is 0 Å². The Hall–Kier alpha value is -0.900. The molecular weight excluding hydrogens is 238 g/mol. The highest BCUT2D eigenvalue weighted by Gasteiger charge is 2.37. The van der Waals surface area contributed by atoms with E-state index >= 15 is 0 Å². The number of hydrogen-bond acceptors (Lipinski definition) is 4. The molecule has 3 rings (SSSR count). The predicted octanol–water partition coefficient (Wildman–Crippen LogP) is 3.01. The summed E-state index contributed by atoms with van der Waals surface area (Å²) >= 11 is 0. The summed E-state index contributed by atoms with van der Waals surface area (Å²) in [6.07, 6.45) is 12.3. The number of aryl methyl sites for hydroxylation is 1. The summed E-state index contributed by atoms with van der Waals surface area (Å²) in [4.78, 5) is 4.23. The second-order valence-electron chi connectivity index (χ2n) is 6.42. The number of nitrogens with zero attached hydrogens (tertiary/aromatic N) is 2. The minimum Gasteiger partial charge on any atom is -0.339 e. The van der Waals surface area contributed by atoms with Gasteiger partial charge >= 0.3 is 0 Å². The normalized spacial score (nSPS) is 23.2. The zero-order valence-electron chi connectivity index (χ0n) is 12.0. The minimum absolute atomic E-state index is 0.704. The Balaban J connectivity index is 1.38. The van der Waals surface area contributed by atoms with Crippen LogP contribution in [-0.4, -0.2) is 22.7 Å². The summed E-state index contributed by atoms with van der Waals surface area (Å²) < 4.78 is 5.13. The molecule has 0 amide bonds. The van der Waals surface area contributed by atoms with Crippen LogP contribution in [0.1, 0.15) is 63.1 Å². The fourth-order valence-electron chi connectivity index (χ4n) is 3.88. The van der Waals surface area contributed by atoms with E-state index in [4.69, 9.17) is 4.52 Å². The molecule has 1 aromatic heterocycles. The summed E-state index contributed by atoms with van der Waals surface area (Å²) in [5.74, 6) is 1.49. The molecule has 0 saturated heterocycles. The van der Waals surface area contributed by atoms with Crippen LogP contribution in [-0.2, 0) is 6.42 Å². The van der Waals surface area contributed by atoms with Crippen LogP contribution in [0, 0.1) is 12.3 Å². The maximum atomic E-state index is 5.13. The van der Waals surface area contributed by atoms with Crippen molar-refractivity contribution >= 4 is 0 Å². The number of aromatic nitrogens is 2. The number of hydrogen-bond donors (Lipinski definition) is 1. The van der Waals surface area contributed by atoms with E-state index in [9.17, 15) is 0 Å². The van der Waals surface area contributed by atoms with Crippen LogP contribution >= 0.6 is 0 Å². The monoisotopic (exact) mass is 263 g/mol. The Kier molecular flexibility index (Phi) is 3.87. The summed E-state index contributed by atoms with van der Waals surface area (Å²) in [5, 5.41) is 7.47. The van der Waals surface area contributed by atoms with Gasteiger partial charge in [-0.1, -0.05) is 18.0 Å². The zero-order valence-corrected chi connectivity index (χ0v) is 12.0. The Labute approximate surface area is 115 Å². The first-order valence-electron chi connectivity index (χ1n) is 7.78. The van der Waals surface area contributed by atoms with Gasteiger partial charge in [-0.25, -0.2) is 0 Å². The molecule has 0 aromatic carbocycles. The molecule has 4 nitrogen and oxygen atoms in total. The maximum Gasteiger partial charge on any atom is 0.227 e. The van der Waals surface area contributed by atoms with Crippen molar-refractivity contribution in [3.63, 3.8) is 0 Å².